The minimum Gasteiger partial charge on any atom is -0.480 e. The number of carbonyl (C=O) groups excluding carboxylic acids is 2. The Balaban J connectivity index is 4.59. The summed E-state index contributed by atoms with van der Waals surface area (Å²) in [4.78, 5) is 36.0. The second kappa shape index (κ2) is 9.20. The lowest BCUT2D eigenvalue weighted by Crippen LogP contribution is -2.53. The Kier molecular flexibility index (Phi) is 8.42. The van der Waals surface area contributed by atoms with Crippen LogP contribution in [0.5, 0.6) is 0 Å². The lowest BCUT2D eigenvalue weighted by atomic mass is 10.2. The molecule has 0 radical (unpaired) electrons. The molecule has 122 valence electrons. The van der Waals surface area contributed by atoms with Crippen LogP contribution in [-0.4, -0.2) is 53.1 Å². The molecule has 7 nitrogen and oxygen atoms in total. The molecule has 0 heterocycles. The smallest absolute Gasteiger partial charge is 0.323 e. The van der Waals surface area contributed by atoms with Crippen molar-refractivity contribution in [1.29, 1.82) is 0 Å². The molecule has 0 fully saturated rings. The SMILES string of the molecule is CCC(C)N(CC(=O)O)C(=O)NC(C)C(=O)NCC(C)C. The Bertz CT molecular complexity index is 371. The molecular weight excluding hydrogens is 274 g/mol. The summed E-state index contributed by atoms with van der Waals surface area (Å²) >= 11 is 0. The molecule has 0 saturated carbocycles. The Morgan fingerprint density at radius 3 is 2.14 bits per heavy atom. The molecule has 21 heavy (non-hydrogen) atoms. The van der Waals surface area contributed by atoms with E-state index >= 15 is 0 Å². The number of rotatable bonds is 8. The number of nitrogens with zero attached hydrogens (tertiary/aromatic N) is 1. The standard InChI is InChI=1S/C14H27N3O4/c1-6-10(4)17(8-12(18)19)14(21)16-11(5)13(20)15-7-9(2)3/h9-11H,6-8H2,1-5H3,(H,15,20)(H,16,21)(H,18,19). The molecule has 7 heteroatoms. The molecule has 0 bridgehead atoms. The maximum atomic E-state index is 12.1. The number of carboxylic acid groups (broad SMARTS) is 1. The highest BCUT2D eigenvalue weighted by Crippen LogP contribution is 2.04. The van der Waals surface area contributed by atoms with Crippen LogP contribution in [0.2, 0.25) is 0 Å². The summed E-state index contributed by atoms with van der Waals surface area (Å²) in [6, 6.07) is -1.47. The van der Waals surface area contributed by atoms with E-state index in [9.17, 15) is 14.4 Å². The maximum Gasteiger partial charge on any atom is 0.323 e. The number of hydrogen-bond donors (Lipinski definition) is 3. The molecule has 0 aromatic heterocycles. The van der Waals surface area contributed by atoms with E-state index in [0.29, 0.717) is 18.9 Å². The van der Waals surface area contributed by atoms with Crippen molar-refractivity contribution in [3.8, 4) is 0 Å². The lowest BCUT2D eigenvalue weighted by molar-refractivity contribution is -0.138. The first kappa shape index (κ1) is 19.2. The highest BCUT2D eigenvalue weighted by Gasteiger charge is 2.24. The normalized spacial score (nSPS) is 13.4. The van der Waals surface area contributed by atoms with E-state index in [1.54, 1.807) is 13.8 Å². The van der Waals surface area contributed by atoms with E-state index in [0.717, 1.165) is 0 Å². The average Bonchev–Trinajstić information content (AvgIpc) is 2.40. The molecule has 3 amide bonds. The van der Waals surface area contributed by atoms with Gasteiger partial charge >= 0.3 is 12.0 Å². The molecule has 0 aliphatic heterocycles. The van der Waals surface area contributed by atoms with E-state index in [1.807, 2.05) is 20.8 Å². The second-order valence-electron chi connectivity index (χ2n) is 5.59. The summed E-state index contributed by atoms with van der Waals surface area (Å²) in [5.74, 6) is -1.04. The lowest BCUT2D eigenvalue weighted by Gasteiger charge is -2.28. The summed E-state index contributed by atoms with van der Waals surface area (Å²) in [5, 5.41) is 14.1. The molecule has 0 aromatic carbocycles. The third-order valence-electron chi connectivity index (χ3n) is 3.11. The van der Waals surface area contributed by atoms with Crippen LogP contribution in [0, 0.1) is 5.92 Å². The molecule has 2 unspecified atom stereocenters. The summed E-state index contributed by atoms with van der Waals surface area (Å²) in [7, 11) is 0. The van der Waals surface area contributed by atoms with Crippen LogP contribution in [-0.2, 0) is 9.59 Å². The molecule has 2 atom stereocenters. The van der Waals surface area contributed by atoms with Crippen molar-refractivity contribution in [2.45, 2.75) is 53.1 Å². The number of aliphatic carboxylic acids is 1. The van der Waals surface area contributed by atoms with Gasteiger partial charge in [0.2, 0.25) is 5.91 Å². The van der Waals surface area contributed by atoms with E-state index in [2.05, 4.69) is 10.6 Å². The third-order valence-corrected chi connectivity index (χ3v) is 3.11. The van der Waals surface area contributed by atoms with Crippen molar-refractivity contribution in [3.05, 3.63) is 0 Å². The molecule has 0 aliphatic carbocycles. The first-order chi connectivity index (χ1) is 9.68. The number of carboxylic acids is 1. The topological polar surface area (TPSA) is 98.7 Å². The first-order valence-electron chi connectivity index (χ1n) is 7.25. The monoisotopic (exact) mass is 301 g/mol. The Labute approximate surface area is 126 Å². The number of nitrogens with one attached hydrogen (secondary N) is 2. The minimum atomic E-state index is -1.08. The van der Waals surface area contributed by atoms with Gasteiger partial charge in [-0.25, -0.2) is 4.79 Å². The van der Waals surface area contributed by atoms with E-state index in [4.69, 9.17) is 5.11 Å². The summed E-state index contributed by atoms with van der Waals surface area (Å²) in [6.07, 6.45) is 0.634. The average molecular weight is 301 g/mol. The van der Waals surface area contributed by atoms with Gasteiger partial charge in [0.1, 0.15) is 12.6 Å². The summed E-state index contributed by atoms with van der Waals surface area (Å²) in [6.45, 7) is 9.30. The predicted octanol–water partition coefficient (Wildman–Crippen LogP) is 1.04. The van der Waals surface area contributed by atoms with Crippen LogP contribution in [0.4, 0.5) is 4.79 Å². The number of urea groups is 1. The van der Waals surface area contributed by atoms with E-state index in [-0.39, 0.29) is 18.5 Å². The van der Waals surface area contributed by atoms with Gasteiger partial charge in [-0.2, -0.15) is 0 Å². The highest BCUT2D eigenvalue weighted by atomic mass is 16.4. The maximum absolute atomic E-state index is 12.1. The molecule has 0 aliphatic rings. The number of carbonyl (C=O) groups is 3. The van der Waals surface area contributed by atoms with Gasteiger partial charge in [-0.15, -0.1) is 0 Å². The van der Waals surface area contributed by atoms with E-state index < -0.39 is 18.0 Å². The van der Waals surface area contributed by atoms with Gasteiger partial charge in [0, 0.05) is 12.6 Å². The van der Waals surface area contributed by atoms with Crippen molar-refractivity contribution in [3.63, 3.8) is 0 Å². The van der Waals surface area contributed by atoms with Gasteiger partial charge in [-0.1, -0.05) is 20.8 Å². The molecule has 0 spiro atoms. The first-order valence-corrected chi connectivity index (χ1v) is 7.25. The van der Waals surface area contributed by atoms with Gasteiger partial charge in [-0.05, 0) is 26.2 Å². The van der Waals surface area contributed by atoms with Crippen LogP contribution in [0.15, 0.2) is 0 Å². The molecule has 0 saturated heterocycles. The van der Waals surface area contributed by atoms with Crippen LogP contribution in [0.3, 0.4) is 0 Å². The van der Waals surface area contributed by atoms with Gasteiger partial charge in [0.05, 0.1) is 0 Å². The quantitative estimate of drug-likeness (QED) is 0.624. The van der Waals surface area contributed by atoms with Crippen molar-refractivity contribution in [2.24, 2.45) is 5.92 Å². The van der Waals surface area contributed by atoms with Crippen molar-refractivity contribution in [2.75, 3.05) is 13.1 Å². The van der Waals surface area contributed by atoms with Crippen molar-refractivity contribution < 1.29 is 19.5 Å². The summed E-state index contributed by atoms with van der Waals surface area (Å²) < 4.78 is 0. The van der Waals surface area contributed by atoms with E-state index in [1.165, 1.54) is 4.90 Å². The number of amides is 3. The fourth-order valence-electron chi connectivity index (χ4n) is 1.59. The molecule has 3 N–H and O–H groups in total. The highest BCUT2D eigenvalue weighted by molar-refractivity contribution is 5.87. The molecular formula is C14H27N3O4. The van der Waals surface area contributed by atoms with Crippen molar-refractivity contribution in [1.82, 2.24) is 15.5 Å². The van der Waals surface area contributed by atoms with Crippen LogP contribution < -0.4 is 10.6 Å². The zero-order valence-electron chi connectivity index (χ0n) is 13.5. The fourth-order valence-corrected chi connectivity index (χ4v) is 1.59. The fraction of sp³-hybridized carbons (Fsp3) is 0.786. The zero-order chi connectivity index (χ0) is 16.6. The molecule has 0 aromatic rings. The minimum absolute atomic E-state index is 0.216. The van der Waals surface area contributed by atoms with Gasteiger partial charge < -0.3 is 20.6 Å². The Morgan fingerprint density at radius 2 is 1.71 bits per heavy atom. The van der Waals surface area contributed by atoms with Crippen LogP contribution >= 0.6 is 0 Å². The summed E-state index contributed by atoms with van der Waals surface area (Å²) in [5.41, 5.74) is 0. The predicted molar refractivity (Wildman–Crippen MR) is 79.9 cm³/mol. The Hall–Kier alpha value is -1.79. The second-order valence-corrected chi connectivity index (χ2v) is 5.59. The largest absolute Gasteiger partial charge is 0.480 e. The van der Waals surface area contributed by atoms with Gasteiger partial charge in [0.15, 0.2) is 0 Å². The third kappa shape index (κ3) is 7.53. The van der Waals surface area contributed by atoms with Crippen LogP contribution in [0.25, 0.3) is 0 Å². The Morgan fingerprint density at radius 1 is 1.14 bits per heavy atom. The van der Waals surface area contributed by atoms with Gasteiger partial charge in [0.25, 0.3) is 0 Å². The number of hydrogen-bond acceptors (Lipinski definition) is 3. The van der Waals surface area contributed by atoms with Crippen molar-refractivity contribution >= 4 is 17.9 Å². The molecule has 0 rings (SSSR count). The zero-order valence-corrected chi connectivity index (χ0v) is 13.5. The van der Waals surface area contributed by atoms with Gasteiger partial charge in [-0.3, -0.25) is 9.59 Å². The van der Waals surface area contributed by atoms with Crippen LogP contribution in [0.1, 0.15) is 41.0 Å².